The van der Waals surface area contributed by atoms with Crippen LogP contribution in [0.1, 0.15) is 27.2 Å². The number of anilines is 2. The van der Waals surface area contributed by atoms with E-state index in [9.17, 15) is 22.8 Å². The minimum absolute atomic E-state index is 0.0959. The molecule has 4 rings (SSSR count). The second-order valence-electron chi connectivity index (χ2n) is 8.15. The molecule has 3 aromatic carbocycles. The van der Waals surface area contributed by atoms with E-state index in [0.717, 1.165) is 12.1 Å². The zero-order chi connectivity index (χ0) is 25.7. The molecule has 0 atom stereocenters. The third kappa shape index (κ3) is 5.96. The Labute approximate surface area is 206 Å². The second-order valence-corrected chi connectivity index (χ2v) is 8.15. The van der Waals surface area contributed by atoms with Crippen LogP contribution in [0.4, 0.5) is 24.5 Å². The maximum absolute atomic E-state index is 13.4. The SMILES string of the molecule is Cc1cc(NC(=O)c2cc(C(F)(F)F)ccc2-c2ccccc2)ccc1NC(=O)Cc1ccccn1. The number of aryl methyl sites for hydroxylation is 1. The highest BCUT2D eigenvalue weighted by atomic mass is 19.4. The molecule has 0 fully saturated rings. The molecule has 1 heterocycles. The van der Waals surface area contributed by atoms with Crippen molar-refractivity contribution in [2.75, 3.05) is 10.6 Å². The topological polar surface area (TPSA) is 71.1 Å². The van der Waals surface area contributed by atoms with Gasteiger partial charge in [0.15, 0.2) is 0 Å². The number of alkyl halides is 3. The van der Waals surface area contributed by atoms with E-state index in [-0.39, 0.29) is 17.9 Å². The molecule has 2 amide bonds. The molecule has 0 aliphatic carbocycles. The summed E-state index contributed by atoms with van der Waals surface area (Å²) in [6.07, 6.45) is -2.87. The number of halogens is 3. The molecule has 182 valence electrons. The fourth-order valence-corrected chi connectivity index (χ4v) is 3.72. The summed E-state index contributed by atoms with van der Waals surface area (Å²) < 4.78 is 40.1. The van der Waals surface area contributed by atoms with Crippen molar-refractivity contribution in [3.8, 4) is 11.1 Å². The first-order valence-electron chi connectivity index (χ1n) is 11.1. The van der Waals surface area contributed by atoms with Gasteiger partial charge in [-0.2, -0.15) is 13.2 Å². The van der Waals surface area contributed by atoms with Crippen LogP contribution in [0.2, 0.25) is 0 Å². The molecule has 0 saturated carbocycles. The van der Waals surface area contributed by atoms with Crippen LogP contribution in [0, 0.1) is 6.92 Å². The molecule has 0 radical (unpaired) electrons. The maximum Gasteiger partial charge on any atom is 0.416 e. The van der Waals surface area contributed by atoms with Gasteiger partial charge < -0.3 is 10.6 Å². The molecular formula is C28H22F3N3O2. The number of carbonyl (C=O) groups excluding carboxylic acids is 2. The highest BCUT2D eigenvalue weighted by Crippen LogP contribution is 2.34. The molecule has 0 bridgehead atoms. The minimum Gasteiger partial charge on any atom is -0.326 e. The standard InChI is InChI=1S/C28H22F3N3O2/c1-18-15-22(11-13-25(18)34-26(35)17-21-9-5-6-14-32-21)33-27(36)24-16-20(28(29,30)31)10-12-23(24)19-7-3-2-4-8-19/h2-16H,17H2,1H3,(H,33,36)(H,34,35). The first-order chi connectivity index (χ1) is 17.2. The molecule has 1 aromatic heterocycles. The van der Waals surface area contributed by atoms with E-state index in [1.165, 1.54) is 6.07 Å². The number of hydrogen-bond acceptors (Lipinski definition) is 3. The van der Waals surface area contributed by atoms with E-state index < -0.39 is 17.6 Å². The molecule has 5 nitrogen and oxygen atoms in total. The summed E-state index contributed by atoms with van der Waals surface area (Å²) >= 11 is 0. The van der Waals surface area contributed by atoms with Gasteiger partial charge in [-0.1, -0.05) is 42.5 Å². The molecule has 0 aliphatic rings. The summed E-state index contributed by atoms with van der Waals surface area (Å²) in [5, 5.41) is 5.49. The smallest absolute Gasteiger partial charge is 0.326 e. The third-order valence-corrected chi connectivity index (χ3v) is 5.50. The zero-order valence-electron chi connectivity index (χ0n) is 19.3. The Morgan fingerprint density at radius 2 is 1.61 bits per heavy atom. The van der Waals surface area contributed by atoms with Gasteiger partial charge >= 0.3 is 6.18 Å². The molecule has 0 unspecified atom stereocenters. The normalized spacial score (nSPS) is 11.1. The van der Waals surface area contributed by atoms with Crippen LogP contribution in [-0.4, -0.2) is 16.8 Å². The van der Waals surface area contributed by atoms with Crippen LogP contribution in [0.15, 0.2) is 91.1 Å². The van der Waals surface area contributed by atoms with Gasteiger partial charge in [-0.15, -0.1) is 0 Å². The van der Waals surface area contributed by atoms with Gasteiger partial charge in [-0.05, 0) is 66.1 Å². The van der Waals surface area contributed by atoms with Crippen LogP contribution in [-0.2, 0) is 17.4 Å². The van der Waals surface area contributed by atoms with Gasteiger partial charge in [-0.25, -0.2) is 0 Å². The van der Waals surface area contributed by atoms with E-state index in [1.54, 1.807) is 79.9 Å². The fraction of sp³-hybridized carbons (Fsp3) is 0.107. The quantitative estimate of drug-likeness (QED) is 0.324. The van der Waals surface area contributed by atoms with Crippen molar-refractivity contribution in [3.63, 3.8) is 0 Å². The summed E-state index contributed by atoms with van der Waals surface area (Å²) in [5.41, 5.74) is 2.25. The summed E-state index contributed by atoms with van der Waals surface area (Å²) in [7, 11) is 0. The van der Waals surface area contributed by atoms with Gasteiger partial charge in [0.2, 0.25) is 5.91 Å². The Morgan fingerprint density at radius 1 is 0.861 bits per heavy atom. The fourth-order valence-electron chi connectivity index (χ4n) is 3.72. The molecule has 8 heteroatoms. The molecule has 0 aliphatic heterocycles. The van der Waals surface area contributed by atoms with E-state index in [1.807, 2.05) is 0 Å². The van der Waals surface area contributed by atoms with Gasteiger partial charge in [0.25, 0.3) is 5.91 Å². The molecule has 0 saturated heterocycles. The van der Waals surface area contributed by atoms with Crippen LogP contribution in [0.3, 0.4) is 0 Å². The predicted octanol–water partition coefficient (Wildman–Crippen LogP) is 6.51. The van der Waals surface area contributed by atoms with Crippen molar-refractivity contribution in [2.45, 2.75) is 19.5 Å². The highest BCUT2D eigenvalue weighted by Gasteiger charge is 2.32. The number of hydrogen-bond donors (Lipinski definition) is 2. The average molecular weight is 489 g/mol. The molecule has 0 spiro atoms. The van der Waals surface area contributed by atoms with Gasteiger partial charge in [-0.3, -0.25) is 14.6 Å². The largest absolute Gasteiger partial charge is 0.416 e. The van der Waals surface area contributed by atoms with Crippen molar-refractivity contribution < 1.29 is 22.8 Å². The first-order valence-corrected chi connectivity index (χ1v) is 11.1. The van der Waals surface area contributed by atoms with Crippen LogP contribution in [0.25, 0.3) is 11.1 Å². The van der Waals surface area contributed by atoms with Crippen molar-refractivity contribution in [3.05, 3.63) is 114 Å². The van der Waals surface area contributed by atoms with E-state index in [2.05, 4.69) is 15.6 Å². The van der Waals surface area contributed by atoms with Crippen LogP contribution < -0.4 is 10.6 Å². The average Bonchev–Trinajstić information content (AvgIpc) is 2.86. The lowest BCUT2D eigenvalue weighted by molar-refractivity contribution is -0.137. The Morgan fingerprint density at radius 3 is 2.28 bits per heavy atom. The van der Waals surface area contributed by atoms with Crippen molar-refractivity contribution in [1.82, 2.24) is 4.98 Å². The number of benzene rings is 3. The van der Waals surface area contributed by atoms with E-state index in [4.69, 9.17) is 0 Å². The van der Waals surface area contributed by atoms with E-state index >= 15 is 0 Å². The van der Waals surface area contributed by atoms with Crippen LogP contribution >= 0.6 is 0 Å². The Balaban J connectivity index is 1.55. The highest BCUT2D eigenvalue weighted by molar-refractivity contribution is 6.09. The molecular weight excluding hydrogens is 467 g/mol. The number of aromatic nitrogens is 1. The number of rotatable bonds is 6. The van der Waals surface area contributed by atoms with Gasteiger partial charge in [0.1, 0.15) is 0 Å². The first kappa shape index (κ1) is 24.7. The number of pyridine rings is 1. The van der Waals surface area contributed by atoms with Crippen molar-refractivity contribution in [2.24, 2.45) is 0 Å². The molecule has 36 heavy (non-hydrogen) atoms. The Hall–Kier alpha value is -4.46. The lowest BCUT2D eigenvalue weighted by Gasteiger charge is -2.15. The lowest BCUT2D eigenvalue weighted by atomic mass is 9.96. The summed E-state index contributed by atoms with van der Waals surface area (Å²) in [6.45, 7) is 1.76. The van der Waals surface area contributed by atoms with Crippen LogP contribution in [0.5, 0.6) is 0 Å². The lowest BCUT2D eigenvalue weighted by Crippen LogP contribution is -2.17. The molecule has 2 N–H and O–H groups in total. The number of amides is 2. The third-order valence-electron chi connectivity index (χ3n) is 5.50. The van der Waals surface area contributed by atoms with E-state index in [0.29, 0.717) is 33.8 Å². The van der Waals surface area contributed by atoms with Crippen molar-refractivity contribution in [1.29, 1.82) is 0 Å². The number of carbonyl (C=O) groups is 2. The second kappa shape index (κ2) is 10.4. The van der Waals surface area contributed by atoms with Gasteiger partial charge in [0.05, 0.1) is 12.0 Å². The Kier molecular flexibility index (Phi) is 7.15. The summed E-state index contributed by atoms with van der Waals surface area (Å²) in [5.74, 6) is -0.920. The van der Waals surface area contributed by atoms with Gasteiger partial charge in [0, 0.05) is 28.8 Å². The number of nitrogens with zero attached hydrogens (tertiary/aromatic N) is 1. The predicted molar refractivity (Wildman–Crippen MR) is 133 cm³/mol. The number of nitrogens with one attached hydrogen (secondary N) is 2. The summed E-state index contributed by atoms with van der Waals surface area (Å²) in [6, 6.07) is 22.0. The van der Waals surface area contributed by atoms with Crippen molar-refractivity contribution >= 4 is 23.2 Å². The molecule has 4 aromatic rings. The maximum atomic E-state index is 13.4. The monoisotopic (exact) mass is 489 g/mol. The minimum atomic E-state index is -4.59. The zero-order valence-corrected chi connectivity index (χ0v) is 19.3. The Bertz CT molecular complexity index is 1390. The summed E-state index contributed by atoms with van der Waals surface area (Å²) in [4.78, 5) is 29.6.